The van der Waals surface area contributed by atoms with Crippen LogP contribution in [0.25, 0.3) is 0 Å². The molecule has 0 heterocycles. The SMILES string of the molecule is COc1cc(C2CC3CC2C2CCCC32)cc(C2CC3CC2C2CCCC32)c1. The fourth-order valence-corrected chi connectivity index (χ4v) is 10.1. The van der Waals surface area contributed by atoms with Crippen LogP contribution in [0.3, 0.4) is 0 Å². The molecule has 0 radical (unpaired) electrons. The van der Waals surface area contributed by atoms with Crippen molar-refractivity contribution in [3.8, 4) is 5.75 Å². The zero-order valence-corrected chi connectivity index (χ0v) is 17.5. The third kappa shape index (κ3) is 2.20. The first-order valence-corrected chi connectivity index (χ1v) is 12.5. The van der Waals surface area contributed by atoms with Gasteiger partial charge in [0.2, 0.25) is 0 Å². The largest absolute Gasteiger partial charge is 0.497 e. The molecule has 0 N–H and O–H groups in total. The van der Waals surface area contributed by atoms with Gasteiger partial charge in [0.25, 0.3) is 0 Å². The van der Waals surface area contributed by atoms with Gasteiger partial charge in [-0.15, -0.1) is 0 Å². The monoisotopic (exact) mass is 376 g/mol. The van der Waals surface area contributed by atoms with Crippen LogP contribution in [0.15, 0.2) is 18.2 Å². The molecule has 4 bridgehead atoms. The average Bonchev–Trinajstić information content (AvgIpc) is 3.51. The van der Waals surface area contributed by atoms with Crippen LogP contribution in [0.5, 0.6) is 5.75 Å². The minimum absolute atomic E-state index is 0.830. The van der Waals surface area contributed by atoms with Crippen LogP contribution >= 0.6 is 0 Å². The first-order chi connectivity index (χ1) is 13.8. The molecule has 1 aromatic rings. The van der Waals surface area contributed by atoms with Gasteiger partial charge < -0.3 is 4.74 Å². The first kappa shape index (κ1) is 16.8. The molecule has 0 aromatic heterocycles. The molecule has 6 aliphatic rings. The summed E-state index contributed by atoms with van der Waals surface area (Å²) < 4.78 is 5.85. The van der Waals surface area contributed by atoms with Crippen LogP contribution in [0, 0.1) is 47.3 Å². The molecule has 0 aliphatic heterocycles. The number of fused-ring (bicyclic) bond motifs is 10. The lowest BCUT2D eigenvalue weighted by molar-refractivity contribution is 0.228. The van der Waals surface area contributed by atoms with E-state index in [1.165, 1.54) is 64.2 Å². The summed E-state index contributed by atoms with van der Waals surface area (Å²) in [6, 6.07) is 7.52. The Balaban J connectivity index is 1.22. The lowest BCUT2D eigenvalue weighted by Crippen LogP contribution is -2.24. The number of hydrogen-bond donors (Lipinski definition) is 0. The van der Waals surface area contributed by atoms with E-state index in [2.05, 4.69) is 18.2 Å². The second-order valence-electron chi connectivity index (χ2n) is 11.6. The van der Waals surface area contributed by atoms with E-state index in [0.717, 1.165) is 64.9 Å². The molecule has 10 unspecified atom stereocenters. The summed E-state index contributed by atoms with van der Waals surface area (Å²) in [7, 11) is 1.88. The summed E-state index contributed by atoms with van der Waals surface area (Å²) in [4.78, 5) is 0. The van der Waals surface area contributed by atoms with Crippen molar-refractivity contribution in [3.05, 3.63) is 29.3 Å². The first-order valence-electron chi connectivity index (χ1n) is 12.5. The summed E-state index contributed by atoms with van der Waals surface area (Å²) in [5.74, 6) is 11.1. The van der Waals surface area contributed by atoms with Gasteiger partial charge in [0, 0.05) is 0 Å². The number of methoxy groups -OCH3 is 1. The number of rotatable bonds is 3. The van der Waals surface area contributed by atoms with E-state index in [4.69, 9.17) is 4.74 Å². The van der Waals surface area contributed by atoms with Crippen LogP contribution in [-0.2, 0) is 0 Å². The molecule has 1 heteroatoms. The minimum Gasteiger partial charge on any atom is -0.497 e. The van der Waals surface area contributed by atoms with Gasteiger partial charge in [0.15, 0.2) is 0 Å². The van der Waals surface area contributed by atoms with Crippen molar-refractivity contribution in [2.24, 2.45) is 47.3 Å². The van der Waals surface area contributed by atoms with Crippen LogP contribution in [0.2, 0.25) is 0 Å². The Morgan fingerprint density at radius 1 is 0.607 bits per heavy atom. The van der Waals surface area contributed by atoms with Crippen LogP contribution in [-0.4, -0.2) is 7.11 Å². The van der Waals surface area contributed by atoms with Crippen molar-refractivity contribution in [3.63, 3.8) is 0 Å². The summed E-state index contributed by atoms with van der Waals surface area (Å²) in [5.41, 5.74) is 3.30. The topological polar surface area (TPSA) is 9.23 Å². The summed E-state index contributed by atoms with van der Waals surface area (Å²) in [6.45, 7) is 0. The molecule has 6 aliphatic carbocycles. The van der Waals surface area contributed by atoms with Crippen LogP contribution < -0.4 is 4.74 Å². The predicted octanol–water partition coefficient (Wildman–Crippen LogP) is 6.77. The Labute approximate surface area is 170 Å². The Morgan fingerprint density at radius 3 is 1.61 bits per heavy atom. The van der Waals surface area contributed by atoms with Crippen molar-refractivity contribution in [1.29, 1.82) is 0 Å². The molecule has 1 nitrogen and oxygen atoms in total. The summed E-state index contributed by atoms with van der Waals surface area (Å²) in [5, 5.41) is 0. The van der Waals surface area contributed by atoms with Gasteiger partial charge in [-0.2, -0.15) is 0 Å². The summed E-state index contributed by atoms with van der Waals surface area (Å²) in [6.07, 6.45) is 15.1. The second kappa shape index (κ2) is 6.02. The molecule has 0 saturated heterocycles. The normalized spacial score (nSPS) is 50.3. The molecule has 150 valence electrons. The smallest absolute Gasteiger partial charge is 0.119 e. The van der Waals surface area contributed by atoms with Gasteiger partial charge in [0.05, 0.1) is 7.11 Å². The van der Waals surface area contributed by atoms with E-state index in [9.17, 15) is 0 Å². The number of hydrogen-bond acceptors (Lipinski definition) is 1. The van der Waals surface area contributed by atoms with Crippen LogP contribution in [0.1, 0.15) is 87.2 Å². The molecule has 6 fully saturated rings. The highest BCUT2D eigenvalue weighted by molar-refractivity contribution is 5.40. The van der Waals surface area contributed by atoms with Crippen molar-refractivity contribution in [2.45, 2.75) is 76.0 Å². The Morgan fingerprint density at radius 2 is 1.11 bits per heavy atom. The quantitative estimate of drug-likeness (QED) is 0.565. The Hall–Kier alpha value is -0.980. The van der Waals surface area contributed by atoms with E-state index in [1.807, 2.05) is 7.11 Å². The molecule has 0 spiro atoms. The lowest BCUT2D eigenvalue weighted by Gasteiger charge is -2.34. The molecule has 7 rings (SSSR count). The van der Waals surface area contributed by atoms with Gasteiger partial charge in [-0.1, -0.05) is 18.9 Å². The Bertz CT molecular complexity index is 722. The van der Waals surface area contributed by atoms with Gasteiger partial charge in [-0.25, -0.2) is 0 Å². The Kier molecular flexibility index (Phi) is 3.61. The zero-order chi connectivity index (χ0) is 18.4. The molecule has 6 saturated carbocycles. The minimum atomic E-state index is 0.830. The van der Waals surface area contributed by atoms with E-state index in [0.29, 0.717) is 0 Å². The van der Waals surface area contributed by atoms with Gasteiger partial charge in [-0.05, 0) is 134 Å². The third-order valence-corrected chi connectivity index (χ3v) is 10.9. The highest BCUT2D eigenvalue weighted by Crippen LogP contribution is 2.65. The zero-order valence-electron chi connectivity index (χ0n) is 17.5. The van der Waals surface area contributed by atoms with Gasteiger partial charge in [-0.3, -0.25) is 0 Å². The predicted molar refractivity (Wildman–Crippen MR) is 113 cm³/mol. The van der Waals surface area contributed by atoms with E-state index in [-0.39, 0.29) is 0 Å². The average molecular weight is 377 g/mol. The van der Waals surface area contributed by atoms with Crippen molar-refractivity contribution >= 4 is 0 Å². The highest BCUT2D eigenvalue weighted by Gasteiger charge is 2.55. The molecule has 10 atom stereocenters. The fraction of sp³-hybridized carbons (Fsp3) is 0.778. The maximum absolute atomic E-state index is 5.85. The van der Waals surface area contributed by atoms with Crippen molar-refractivity contribution in [2.75, 3.05) is 7.11 Å². The second-order valence-corrected chi connectivity index (χ2v) is 11.6. The van der Waals surface area contributed by atoms with E-state index < -0.39 is 0 Å². The molecule has 1 aromatic carbocycles. The maximum Gasteiger partial charge on any atom is 0.119 e. The van der Waals surface area contributed by atoms with E-state index >= 15 is 0 Å². The number of benzene rings is 1. The lowest BCUT2D eigenvalue weighted by atomic mass is 9.71. The van der Waals surface area contributed by atoms with Crippen molar-refractivity contribution < 1.29 is 4.74 Å². The molecular weight excluding hydrogens is 340 g/mol. The maximum atomic E-state index is 5.85. The number of ether oxygens (including phenoxy) is 1. The van der Waals surface area contributed by atoms with Crippen LogP contribution in [0.4, 0.5) is 0 Å². The molecule has 28 heavy (non-hydrogen) atoms. The fourth-order valence-electron chi connectivity index (χ4n) is 10.1. The third-order valence-electron chi connectivity index (χ3n) is 10.9. The van der Waals surface area contributed by atoms with Gasteiger partial charge in [0.1, 0.15) is 5.75 Å². The van der Waals surface area contributed by atoms with E-state index in [1.54, 1.807) is 11.1 Å². The molecular formula is C27H36O. The summed E-state index contributed by atoms with van der Waals surface area (Å²) >= 11 is 0. The molecule has 0 amide bonds. The van der Waals surface area contributed by atoms with Gasteiger partial charge >= 0.3 is 0 Å². The van der Waals surface area contributed by atoms with Crippen molar-refractivity contribution in [1.82, 2.24) is 0 Å². The standard InChI is InChI=1S/C27H36O/c1-28-19-9-15(24-11-17-13-26(24)22-6-2-4-20(17)22)8-16(10-19)25-12-18-14-27(25)23-7-3-5-21(18)23/h8-10,17-18,20-27H,2-7,11-14H2,1H3. The highest BCUT2D eigenvalue weighted by atomic mass is 16.5.